The monoisotopic (exact) mass is 301 g/mol. The first-order valence-corrected chi connectivity index (χ1v) is 6.33. The molecule has 3 heteroatoms. The first kappa shape index (κ1) is 12.6. The summed E-state index contributed by atoms with van der Waals surface area (Å²) >= 11 is 3.37. The summed E-state index contributed by atoms with van der Waals surface area (Å²) in [6.45, 7) is 0. The highest BCUT2D eigenvalue weighted by Gasteiger charge is 1.96. The maximum Gasteiger partial charge on any atom is 0.248 e. The van der Waals surface area contributed by atoms with Gasteiger partial charge in [0.2, 0.25) is 5.91 Å². The van der Waals surface area contributed by atoms with Gasteiger partial charge in [-0.2, -0.15) is 0 Å². The van der Waals surface area contributed by atoms with Crippen molar-refractivity contribution in [2.24, 2.45) is 0 Å². The van der Waals surface area contributed by atoms with E-state index in [0.717, 1.165) is 15.7 Å². The summed E-state index contributed by atoms with van der Waals surface area (Å²) in [6, 6.07) is 17.1. The highest BCUT2D eigenvalue weighted by Crippen LogP contribution is 2.11. The molecule has 0 bridgehead atoms. The van der Waals surface area contributed by atoms with E-state index in [0.29, 0.717) is 0 Å². The van der Waals surface area contributed by atoms with E-state index in [2.05, 4.69) is 21.2 Å². The van der Waals surface area contributed by atoms with Gasteiger partial charge in [0.25, 0.3) is 0 Å². The lowest BCUT2D eigenvalue weighted by Gasteiger charge is -2.00. The summed E-state index contributed by atoms with van der Waals surface area (Å²) in [5, 5.41) is 2.79. The van der Waals surface area contributed by atoms with Gasteiger partial charge >= 0.3 is 0 Å². The molecular formula is C15H12BrNO. The van der Waals surface area contributed by atoms with Gasteiger partial charge in [0.1, 0.15) is 0 Å². The fourth-order valence-corrected chi connectivity index (χ4v) is 1.72. The van der Waals surface area contributed by atoms with E-state index < -0.39 is 0 Å². The van der Waals surface area contributed by atoms with Crippen molar-refractivity contribution in [2.75, 3.05) is 5.32 Å². The van der Waals surface area contributed by atoms with E-state index >= 15 is 0 Å². The van der Waals surface area contributed by atoms with Crippen molar-refractivity contribution < 1.29 is 4.79 Å². The number of hydrogen-bond acceptors (Lipinski definition) is 1. The Morgan fingerprint density at radius 2 is 1.67 bits per heavy atom. The summed E-state index contributed by atoms with van der Waals surface area (Å²) in [5.74, 6) is -0.135. The molecule has 0 atom stereocenters. The van der Waals surface area contributed by atoms with Gasteiger partial charge in [0.05, 0.1) is 0 Å². The van der Waals surface area contributed by atoms with E-state index in [4.69, 9.17) is 0 Å². The van der Waals surface area contributed by atoms with Gasteiger partial charge < -0.3 is 5.32 Å². The van der Waals surface area contributed by atoms with Crippen molar-refractivity contribution in [3.05, 3.63) is 70.7 Å². The van der Waals surface area contributed by atoms with Crippen LogP contribution in [0.25, 0.3) is 6.08 Å². The third-order valence-corrected chi connectivity index (χ3v) is 2.87. The maximum absolute atomic E-state index is 11.6. The SMILES string of the molecule is O=C(/C=C/c1ccc(Br)cc1)Nc1ccccc1. The van der Waals surface area contributed by atoms with Crippen LogP contribution in [0.3, 0.4) is 0 Å². The van der Waals surface area contributed by atoms with Crippen LogP contribution in [0, 0.1) is 0 Å². The third kappa shape index (κ3) is 3.86. The van der Waals surface area contributed by atoms with Crippen molar-refractivity contribution in [1.82, 2.24) is 0 Å². The van der Waals surface area contributed by atoms with Crippen LogP contribution in [0.1, 0.15) is 5.56 Å². The number of carbonyl (C=O) groups is 1. The van der Waals surface area contributed by atoms with Crippen LogP contribution in [0.5, 0.6) is 0 Å². The largest absolute Gasteiger partial charge is 0.323 e. The zero-order chi connectivity index (χ0) is 12.8. The van der Waals surface area contributed by atoms with Crippen molar-refractivity contribution in [3.8, 4) is 0 Å². The molecule has 2 aromatic carbocycles. The molecule has 0 fully saturated rings. The number of anilines is 1. The zero-order valence-electron chi connectivity index (χ0n) is 9.64. The van der Waals surface area contributed by atoms with Crippen molar-refractivity contribution >= 4 is 33.6 Å². The van der Waals surface area contributed by atoms with E-state index in [1.807, 2.05) is 54.6 Å². The molecule has 18 heavy (non-hydrogen) atoms. The molecule has 0 aromatic heterocycles. The summed E-state index contributed by atoms with van der Waals surface area (Å²) < 4.78 is 1.02. The number of para-hydroxylation sites is 1. The topological polar surface area (TPSA) is 29.1 Å². The lowest BCUT2D eigenvalue weighted by atomic mass is 10.2. The summed E-state index contributed by atoms with van der Waals surface area (Å²) in [5.41, 5.74) is 1.78. The second-order valence-electron chi connectivity index (χ2n) is 3.74. The van der Waals surface area contributed by atoms with Gasteiger partial charge in [-0.3, -0.25) is 4.79 Å². The van der Waals surface area contributed by atoms with Crippen LogP contribution < -0.4 is 5.32 Å². The molecule has 0 unspecified atom stereocenters. The Labute approximate surface area is 114 Å². The van der Waals surface area contributed by atoms with Gasteiger partial charge in [-0.05, 0) is 35.9 Å². The first-order chi connectivity index (χ1) is 8.74. The molecule has 1 amide bonds. The lowest BCUT2D eigenvalue weighted by molar-refractivity contribution is -0.111. The molecule has 0 saturated heterocycles. The van der Waals surface area contributed by atoms with Gasteiger partial charge in [-0.1, -0.05) is 46.3 Å². The molecule has 0 aliphatic carbocycles. The second-order valence-corrected chi connectivity index (χ2v) is 4.66. The molecule has 2 nitrogen and oxygen atoms in total. The van der Waals surface area contributed by atoms with E-state index in [1.54, 1.807) is 6.08 Å². The Morgan fingerprint density at radius 1 is 1.00 bits per heavy atom. The van der Waals surface area contributed by atoms with E-state index in [9.17, 15) is 4.79 Å². The Hall–Kier alpha value is -1.87. The third-order valence-electron chi connectivity index (χ3n) is 2.34. The maximum atomic E-state index is 11.6. The molecular weight excluding hydrogens is 290 g/mol. The molecule has 2 rings (SSSR count). The number of halogens is 1. The van der Waals surface area contributed by atoms with Gasteiger partial charge in [-0.25, -0.2) is 0 Å². The minimum absolute atomic E-state index is 0.135. The average Bonchev–Trinajstić information content (AvgIpc) is 2.39. The average molecular weight is 302 g/mol. The van der Waals surface area contributed by atoms with Crippen LogP contribution in [0.2, 0.25) is 0 Å². The molecule has 0 aliphatic rings. The smallest absolute Gasteiger partial charge is 0.248 e. The Kier molecular flexibility index (Phi) is 4.31. The molecule has 0 saturated carbocycles. The molecule has 2 aromatic rings. The quantitative estimate of drug-likeness (QED) is 0.850. The molecule has 0 spiro atoms. The number of benzene rings is 2. The van der Waals surface area contributed by atoms with Crippen LogP contribution in [0.15, 0.2) is 65.1 Å². The lowest BCUT2D eigenvalue weighted by Crippen LogP contribution is -2.07. The highest BCUT2D eigenvalue weighted by atomic mass is 79.9. The van der Waals surface area contributed by atoms with Gasteiger partial charge in [0, 0.05) is 16.2 Å². The number of nitrogens with one attached hydrogen (secondary N) is 1. The zero-order valence-corrected chi connectivity index (χ0v) is 11.2. The van der Waals surface area contributed by atoms with E-state index in [-0.39, 0.29) is 5.91 Å². The first-order valence-electron chi connectivity index (χ1n) is 5.54. The normalized spacial score (nSPS) is 10.5. The van der Waals surface area contributed by atoms with E-state index in [1.165, 1.54) is 6.08 Å². The summed E-state index contributed by atoms with van der Waals surface area (Å²) in [6.07, 6.45) is 3.31. The van der Waals surface area contributed by atoms with Crippen LogP contribution in [-0.4, -0.2) is 5.91 Å². The Balaban J connectivity index is 1.97. The number of rotatable bonds is 3. The molecule has 0 heterocycles. The molecule has 0 radical (unpaired) electrons. The molecule has 0 aliphatic heterocycles. The standard InChI is InChI=1S/C15H12BrNO/c16-13-9-6-12(7-10-13)8-11-15(18)17-14-4-2-1-3-5-14/h1-11H,(H,17,18)/b11-8+. The molecule has 1 N–H and O–H groups in total. The summed E-state index contributed by atoms with van der Waals surface area (Å²) in [4.78, 5) is 11.6. The van der Waals surface area contributed by atoms with Crippen molar-refractivity contribution in [2.45, 2.75) is 0 Å². The number of hydrogen-bond donors (Lipinski definition) is 1. The van der Waals surface area contributed by atoms with Crippen LogP contribution in [-0.2, 0) is 4.79 Å². The van der Waals surface area contributed by atoms with Crippen LogP contribution >= 0.6 is 15.9 Å². The number of carbonyl (C=O) groups excluding carboxylic acids is 1. The molecule has 90 valence electrons. The fourth-order valence-electron chi connectivity index (χ4n) is 1.45. The fraction of sp³-hybridized carbons (Fsp3) is 0. The Morgan fingerprint density at radius 3 is 2.33 bits per heavy atom. The Bertz CT molecular complexity index is 546. The highest BCUT2D eigenvalue weighted by molar-refractivity contribution is 9.10. The van der Waals surface area contributed by atoms with Crippen LogP contribution in [0.4, 0.5) is 5.69 Å². The predicted molar refractivity (Wildman–Crippen MR) is 78.2 cm³/mol. The van der Waals surface area contributed by atoms with Crippen molar-refractivity contribution in [1.29, 1.82) is 0 Å². The van der Waals surface area contributed by atoms with Gasteiger partial charge in [0.15, 0.2) is 0 Å². The summed E-state index contributed by atoms with van der Waals surface area (Å²) in [7, 11) is 0. The second kappa shape index (κ2) is 6.17. The minimum atomic E-state index is -0.135. The minimum Gasteiger partial charge on any atom is -0.323 e. The predicted octanol–water partition coefficient (Wildman–Crippen LogP) is 4.10. The van der Waals surface area contributed by atoms with Crippen molar-refractivity contribution in [3.63, 3.8) is 0 Å². The van der Waals surface area contributed by atoms with Gasteiger partial charge in [-0.15, -0.1) is 0 Å². The number of amides is 1.